The molecule has 2 atom stereocenters. The van der Waals surface area contributed by atoms with Gasteiger partial charge in [-0.3, -0.25) is 0 Å². The van der Waals surface area contributed by atoms with Gasteiger partial charge in [0, 0.05) is 18.4 Å². The van der Waals surface area contributed by atoms with Crippen LogP contribution in [-0.4, -0.2) is 36.6 Å². The maximum Gasteiger partial charge on any atom is 0.101 e. The van der Waals surface area contributed by atoms with Crippen LogP contribution < -0.4 is 0 Å². The summed E-state index contributed by atoms with van der Waals surface area (Å²) in [5.41, 5.74) is -0.195. The molecule has 0 aromatic heterocycles. The van der Waals surface area contributed by atoms with Crippen LogP contribution in [0.15, 0.2) is 0 Å². The molecule has 0 radical (unpaired) electrons. The first-order valence-corrected chi connectivity index (χ1v) is 4.96. The molecule has 2 heterocycles. The van der Waals surface area contributed by atoms with E-state index in [0.717, 1.165) is 19.4 Å². The zero-order chi connectivity index (χ0) is 9.53. The lowest BCUT2D eigenvalue weighted by molar-refractivity contribution is -0.156. The highest BCUT2D eigenvalue weighted by atomic mass is 16.6. The van der Waals surface area contributed by atoms with Crippen molar-refractivity contribution in [2.24, 2.45) is 5.41 Å². The van der Waals surface area contributed by atoms with Gasteiger partial charge in [-0.25, -0.2) is 0 Å². The predicted octanol–water partition coefficient (Wildman–Crippen LogP) is 0.953. The fraction of sp³-hybridized carbons (Fsp3) is 1.00. The molecule has 13 heavy (non-hydrogen) atoms. The van der Waals surface area contributed by atoms with Crippen molar-refractivity contribution in [3.05, 3.63) is 0 Å². The van der Waals surface area contributed by atoms with Crippen LogP contribution in [0.25, 0.3) is 0 Å². The minimum Gasteiger partial charge on any atom is -0.393 e. The van der Waals surface area contributed by atoms with Crippen LogP contribution in [0.4, 0.5) is 0 Å². The SMILES string of the molecule is CC1(C)COCC12CC(O)CCO2. The van der Waals surface area contributed by atoms with Gasteiger partial charge in [0.1, 0.15) is 5.60 Å². The van der Waals surface area contributed by atoms with Crippen LogP contribution in [0, 0.1) is 5.41 Å². The van der Waals surface area contributed by atoms with E-state index in [1.807, 2.05) is 0 Å². The van der Waals surface area contributed by atoms with Crippen molar-refractivity contribution < 1.29 is 14.6 Å². The maximum atomic E-state index is 9.63. The standard InChI is InChI=1S/C10H18O3/c1-9(2)6-12-7-10(9)5-8(11)3-4-13-10/h8,11H,3-7H2,1-2H3. The molecule has 2 unspecified atom stereocenters. The van der Waals surface area contributed by atoms with E-state index in [0.29, 0.717) is 13.2 Å². The number of ether oxygens (including phenoxy) is 2. The minimum absolute atomic E-state index is 0.0361. The van der Waals surface area contributed by atoms with Gasteiger partial charge in [-0.2, -0.15) is 0 Å². The van der Waals surface area contributed by atoms with Gasteiger partial charge in [-0.05, 0) is 6.42 Å². The molecule has 0 bridgehead atoms. The Kier molecular flexibility index (Phi) is 2.13. The second-order valence-electron chi connectivity index (χ2n) is 4.87. The third-order valence-electron chi connectivity index (χ3n) is 3.43. The normalized spacial score (nSPS) is 44.1. The van der Waals surface area contributed by atoms with Crippen molar-refractivity contribution in [3.8, 4) is 0 Å². The number of hydrogen-bond acceptors (Lipinski definition) is 3. The molecule has 0 saturated carbocycles. The van der Waals surface area contributed by atoms with Crippen molar-refractivity contribution in [1.29, 1.82) is 0 Å². The molecular formula is C10H18O3. The summed E-state index contributed by atoms with van der Waals surface area (Å²) in [5.74, 6) is 0. The first-order valence-electron chi connectivity index (χ1n) is 4.96. The number of rotatable bonds is 0. The molecular weight excluding hydrogens is 168 g/mol. The van der Waals surface area contributed by atoms with Crippen molar-refractivity contribution in [2.75, 3.05) is 19.8 Å². The molecule has 0 amide bonds. The van der Waals surface area contributed by atoms with Gasteiger partial charge in [0.25, 0.3) is 0 Å². The van der Waals surface area contributed by atoms with Gasteiger partial charge in [0.15, 0.2) is 0 Å². The van der Waals surface area contributed by atoms with Crippen LogP contribution in [0.5, 0.6) is 0 Å². The molecule has 0 aromatic carbocycles. The number of aliphatic hydroxyl groups is 1. The Morgan fingerprint density at radius 1 is 1.31 bits per heavy atom. The quantitative estimate of drug-likeness (QED) is 0.612. The van der Waals surface area contributed by atoms with Crippen LogP contribution in [0.2, 0.25) is 0 Å². The lowest BCUT2D eigenvalue weighted by Gasteiger charge is -2.43. The first-order chi connectivity index (χ1) is 6.06. The number of hydrogen-bond donors (Lipinski definition) is 1. The highest BCUT2D eigenvalue weighted by Gasteiger charge is 2.53. The van der Waals surface area contributed by atoms with E-state index in [9.17, 15) is 5.11 Å². The van der Waals surface area contributed by atoms with Crippen LogP contribution in [-0.2, 0) is 9.47 Å². The Morgan fingerprint density at radius 3 is 2.62 bits per heavy atom. The summed E-state index contributed by atoms with van der Waals surface area (Å²) in [5, 5.41) is 9.63. The molecule has 2 rings (SSSR count). The third kappa shape index (κ3) is 1.39. The average Bonchev–Trinajstić information content (AvgIpc) is 2.27. The highest BCUT2D eigenvalue weighted by molar-refractivity contribution is 5.02. The molecule has 2 aliphatic rings. The smallest absolute Gasteiger partial charge is 0.101 e. The molecule has 1 N–H and O–H groups in total. The van der Waals surface area contributed by atoms with Crippen LogP contribution in [0.3, 0.4) is 0 Å². The molecule has 0 aromatic rings. The fourth-order valence-corrected chi connectivity index (χ4v) is 2.30. The van der Waals surface area contributed by atoms with Gasteiger partial charge in [-0.15, -0.1) is 0 Å². The van der Waals surface area contributed by atoms with E-state index < -0.39 is 0 Å². The molecule has 0 aliphatic carbocycles. The zero-order valence-corrected chi connectivity index (χ0v) is 8.38. The average molecular weight is 186 g/mol. The van der Waals surface area contributed by atoms with E-state index in [-0.39, 0.29) is 17.1 Å². The topological polar surface area (TPSA) is 38.7 Å². The Hall–Kier alpha value is -0.120. The predicted molar refractivity (Wildman–Crippen MR) is 48.5 cm³/mol. The molecule has 3 heteroatoms. The zero-order valence-electron chi connectivity index (χ0n) is 8.38. The molecule has 2 aliphatic heterocycles. The van der Waals surface area contributed by atoms with Gasteiger partial charge >= 0.3 is 0 Å². The lowest BCUT2D eigenvalue weighted by atomic mass is 9.73. The molecule has 2 fully saturated rings. The van der Waals surface area contributed by atoms with E-state index in [4.69, 9.17) is 9.47 Å². The molecule has 1 spiro atoms. The Morgan fingerprint density at radius 2 is 2.08 bits per heavy atom. The molecule has 2 saturated heterocycles. The van der Waals surface area contributed by atoms with Crippen molar-refractivity contribution in [1.82, 2.24) is 0 Å². The van der Waals surface area contributed by atoms with E-state index >= 15 is 0 Å². The molecule has 76 valence electrons. The van der Waals surface area contributed by atoms with Crippen molar-refractivity contribution in [2.45, 2.75) is 38.4 Å². The van der Waals surface area contributed by atoms with Crippen LogP contribution in [0.1, 0.15) is 26.7 Å². The van der Waals surface area contributed by atoms with Gasteiger partial charge < -0.3 is 14.6 Å². The largest absolute Gasteiger partial charge is 0.393 e. The van der Waals surface area contributed by atoms with Gasteiger partial charge in [-0.1, -0.05) is 13.8 Å². The van der Waals surface area contributed by atoms with Gasteiger partial charge in [0.2, 0.25) is 0 Å². The maximum absolute atomic E-state index is 9.63. The summed E-state index contributed by atoms with van der Waals surface area (Å²) in [6, 6.07) is 0. The van der Waals surface area contributed by atoms with Crippen molar-refractivity contribution >= 4 is 0 Å². The summed E-state index contributed by atoms with van der Waals surface area (Å²) in [6.07, 6.45) is 1.27. The number of aliphatic hydroxyl groups excluding tert-OH is 1. The summed E-state index contributed by atoms with van der Waals surface area (Å²) in [7, 11) is 0. The van der Waals surface area contributed by atoms with Gasteiger partial charge in [0.05, 0.1) is 19.3 Å². The monoisotopic (exact) mass is 186 g/mol. The second-order valence-corrected chi connectivity index (χ2v) is 4.87. The summed E-state index contributed by atoms with van der Waals surface area (Å²) < 4.78 is 11.3. The van der Waals surface area contributed by atoms with E-state index in [1.54, 1.807) is 0 Å². The first kappa shape index (κ1) is 9.44. The minimum atomic E-state index is -0.231. The summed E-state index contributed by atoms with van der Waals surface area (Å²) in [6.45, 7) is 6.33. The lowest BCUT2D eigenvalue weighted by Crippen LogP contribution is -2.51. The van der Waals surface area contributed by atoms with Crippen molar-refractivity contribution in [3.63, 3.8) is 0 Å². The Balaban J connectivity index is 2.18. The van der Waals surface area contributed by atoms with Crippen LogP contribution >= 0.6 is 0 Å². The highest BCUT2D eigenvalue weighted by Crippen LogP contribution is 2.45. The van der Waals surface area contributed by atoms with E-state index in [1.165, 1.54) is 0 Å². The van der Waals surface area contributed by atoms with E-state index in [2.05, 4.69) is 13.8 Å². The summed E-state index contributed by atoms with van der Waals surface area (Å²) in [4.78, 5) is 0. The Labute approximate surface area is 79.0 Å². The summed E-state index contributed by atoms with van der Waals surface area (Å²) >= 11 is 0. The molecule has 3 nitrogen and oxygen atoms in total. The fourth-order valence-electron chi connectivity index (χ4n) is 2.30. The third-order valence-corrected chi connectivity index (χ3v) is 3.43. The Bertz CT molecular complexity index is 202. The second kappa shape index (κ2) is 2.94.